The van der Waals surface area contributed by atoms with Crippen molar-refractivity contribution in [1.29, 1.82) is 0 Å². The van der Waals surface area contributed by atoms with Crippen LogP contribution in [0.15, 0.2) is 18.2 Å². The number of benzene rings is 1. The van der Waals surface area contributed by atoms with Crippen molar-refractivity contribution in [2.45, 2.75) is 31.8 Å². The smallest absolute Gasteiger partial charge is 0.129 e. The summed E-state index contributed by atoms with van der Waals surface area (Å²) in [7, 11) is 0. The van der Waals surface area contributed by atoms with Crippen LogP contribution < -0.4 is 5.73 Å². The van der Waals surface area contributed by atoms with Gasteiger partial charge in [0, 0.05) is 23.2 Å². The maximum atomic E-state index is 13.6. The van der Waals surface area contributed by atoms with Gasteiger partial charge in [0.1, 0.15) is 5.82 Å². The van der Waals surface area contributed by atoms with Gasteiger partial charge in [-0.1, -0.05) is 17.7 Å². The topological polar surface area (TPSA) is 29.3 Å². The Bertz CT molecular complexity index is 384. The van der Waals surface area contributed by atoms with Crippen molar-refractivity contribution in [3.05, 3.63) is 34.6 Å². The molecule has 2 rings (SSSR count). The molecule has 17 heavy (non-hydrogen) atoms. The maximum absolute atomic E-state index is 13.6. The van der Waals surface area contributed by atoms with Crippen molar-refractivity contribution in [2.24, 2.45) is 5.73 Å². The Labute approximate surface area is 107 Å². The fourth-order valence-electron chi connectivity index (χ4n) is 2.23. The van der Waals surface area contributed by atoms with Crippen LogP contribution in [-0.4, -0.2) is 24.0 Å². The van der Waals surface area contributed by atoms with Crippen molar-refractivity contribution in [2.75, 3.05) is 13.1 Å². The Morgan fingerprint density at radius 3 is 2.94 bits per heavy atom. The SMILES string of the molecule is N[C@H]1CCCN(Cc2ccc(Cl)cc2F)CC1. The number of nitrogens with two attached hydrogens (primary N) is 1. The summed E-state index contributed by atoms with van der Waals surface area (Å²) in [4.78, 5) is 2.26. The summed E-state index contributed by atoms with van der Waals surface area (Å²) >= 11 is 5.73. The minimum Gasteiger partial charge on any atom is -0.328 e. The van der Waals surface area contributed by atoms with Gasteiger partial charge in [-0.2, -0.15) is 0 Å². The summed E-state index contributed by atoms with van der Waals surface area (Å²) in [5, 5.41) is 0.448. The van der Waals surface area contributed by atoms with Crippen molar-refractivity contribution >= 4 is 11.6 Å². The van der Waals surface area contributed by atoms with Gasteiger partial charge in [0.05, 0.1) is 0 Å². The fraction of sp³-hybridized carbons (Fsp3) is 0.538. The van der Waals surface area contributed by atoms with Gasteiger partial charge in [-0.05, 0) is 44.5 Å². The molecule has 4 heteroatoms. The third kappa shape index (κ3) is 3.66. The van der Waals surface area contributed by atoms with Crippen molar-refractivity contribution in [3.63, 3.8) is 0 Å². The summed E-state index contributed by atoms with van der Waals surface area (Å²) in [5.74, 6) is -0.217. The van der Waals surface area contributed by atoms with Crippen molar-refractivity contribution in [3.8, 4) is 0 Å². The molecule has 1 atom stereocenters. The minimum absolute atomic E-state index is 0.217. The van der Waals surface area contributed by atoms with Gasteiger partial charge in [0.25, 0.3) is 0 Å². The van der Waals surface area contributed by atoms with Crippen LogP contribution in [0, 0.1) is 5.82 Å². The lowest BCUT2D eigenvalue weighted by Gasteiger charge is -2.20. The van der Waals surface area contributed by atoms with E-state index in [2.05, 4.69) is 4.90 Å². The zero-order valence-corrected chi connectivity index (χ0v) is 10.6. The molecule has 1 aliphatic rings. The van der Waals surface area contributed by atoms with Crippen LogP contribution in [0.2, 0.25) is 5.02 Å². The monoisotopic (exact) mass is 256 g/mol. The number of rotatable bonds is 2. The highest BCUT2D eigenvalue weighted by molar-refractivity contribution is 6.30. The van der Waals surface area contributed by atoms with Crippen LogP contribution in [0.4, 0.5) is 4.39 Å². The molecule has 1 saturated heterocycles. The molecule has 0 amide bonds. The van der Waals surface area contributed by atoms with E-state index in [1.165, 1.54) is 6.07 Å². The first-order chi connectivity index (χ1) is 8.15. The summed E-state index contributed by atoms with van der Waals surface area (Å²) in [6, 6.07) is 5.18. The highest BCUT2D eigenvalue weighted by Gasteiger charge is 2.15. The average Bonchev–Trinajstić information content (AvgIpc) is 2.48. The quantitative estimate of drug-likeness (QED) is 0.882. The third-order valence-electron chi connectivity index (χ3n) is 3.27. The van der Waals surface area contributed by atoms with E-state index < -0.39 is 0 Å². The van der Waals surface area contributed by atoms with Crippen LogP contribution in [-0.2, 0) is 6.54 Å². The van der Waals surface area contributed by atoms with Crippen molar-refractivity contribution < 1.29 is 4.39 Å². The van der Waals surface area contributed by atoms with E-state index in [1.54, 1.807) is 12.1 Å². The lowest BCUT2D eigenvalue weighted by molar-refractivity contribution is 0.272. The Morgan fingerprint density at radius 2 is 2.18 bits per heavy atom. The molecule has 94 valence electrons. The first-order valence-electron chi connectivity index (χ1n) is 6.07. The number of hydrogen-bond donors (Lipinski definition) is 1. The lowest BCUT2D eigenvalue weighted by atomic mass is 10.1. The maximum Gasteiger partial charge on any atom is 0.129 e. The summed E-state index contributed by atoms with van der Waals surface area (Å²) in [6.45, 7) is 2.59. The van der Waals surface area contributed by atoms with Gasteiger partial charge in [0.15, 0.2) is 0 Å². The van der Waals surface area contributed by atoms with E-state index in [-0.39, 0.29) is 5.82 Å². The van der Waals surface area contributed by atoms with Gasteiger partial charge >= 0.3 is 0 Å². The molecule has 0 saturated carbocycles. The Morgan fingerprint density at radius 1 is 1.35 bits per heavy atom. The van der Waals surface area contributed by atoms with Crippen LogP contribution in [0.1, 0.15) is 24.8 Å². The van der Waals surface area contributed by atoms with Crippen LogP contribution >= 0.6 is 11.6 Å². The Balaban J connectivity index is 2.00. The molecule has 1 heterocycles. The van der Waals surface area contributed by atoms with Gasteiger partial charge < -0.3 is 5.73 Å². The number of hydrogen-bond acceptors (Lipinski definition) is 2. The van der Waals surface area contributed by atoms with E-state index in [0.717, 1.165) is 32.4 Å². The zero-order valence-electron chi connectivity index (χ0n) is 9.83. The zero-order chi connectivity index (χ0) is 12.3. The molecule has 2 nitrogen and oxygen atoms in total. The van der Waals surface area contributed by atoms with Crippen LogP contribution in [0.3, 0.4) is 0 Å². The van der Waals surface area contributed by atoms with E-state index in [1.807, 2.05) is 0 Å². The Hall–Kier alpha value is -0.640. The van der Waals surface area contributed by atoms with Gasteiger partial charge in [-0.3, -0.25) is 4.90 Å². The second-order valence-corrected chi connectivity index (χ2v) is 5.14. The predicted molar refractivity (Wildman–Crippen MR) is 68.5 cm³/mol. The molecular formula is C13H18ClFN2. The highest BCUT2D eigenvalue weighted by Crippen LogP contribution is 2.18. The van der Waals surface area contributed by atoms with E-state index >= 15 is 0 Å². The van der Waals surface area contributed by atoms with Crippen LogP contribution in [0.25, 0.3) is 0 Å². The summed E-state index contributed by atoms with van der Waals surface area (Å²) < 4.78 is 13.6. The van der Waals surface area contributed by atoms with E-state index in [0.29, 0.717) is 23.2 Å². The molecule has 0 aliphatic carbocycles. The molecule has 0 unspecified atom stereocenters. The largest absolute Gasteiger partial charge is 0.328 e. The fourth-order valence-corrected chi connectivity index (χ4v) is 2.39. The molecule has 0 spiro atoms. The molecule has 0 bridgehead atoms. The van der Waals surface area contributed by atoms with Gasteiger partial charge in [0.2, 0.25) is 0 Å². The van der Waals surface area contributed by atoms with Gasteiger partial charge in [-0.15, -0.1) is 0 Å². The van der Waals surface area contributed by atoms with Gasteiger partial charge in [-0.25, -0.2) is 4.39 Å². The Kier molecular flexibility index (Phi) is 4.37. The normalized spacial score (nSPS) is 22.4. The van der Waals surface area contributed by atoms with Crippen molar-refractivity contribution in [1.82, 2.24) is 4.90 Å². The highest BCUT2D eigenvalue weighted by atomic mass is 35.5. The van der Waals surface area contributed by atoms with E-state index in [4.69, 9.17) is 17.3 Å². The molecule has 1 aromatic carbocycles. The molecular weight excluding hydrogens is 239 g/mol. The first kappa shape index (κ1) is 12.8. The summed E-state index contributed by atoms with van der Waals surface area (Å²) in [5.41, 5.74) is 6.63. The number of halogens is 2. The molecule has 1 fully saturated rings. The predicted octanol–water partition coefficient (Wildman–Crippen LogP) is 2.79. The molecule has 0 aromatic heterocycles. The molecule has 1 aliphatic heterocycles. The summed E-state index contributed by atoms with van der Waals surface area (Å²) in [6.07, 6.45) is 3.16. The number of nitrogens with zero attached hydrogens (tertiary/aromatic N) is 1. The first-order valence-corrected chi connectivity index (χ1v) is 6.45. The average molecular weight is 257 g/mol. The van der Waals surface area contributed by atoms with Crippen LogP contribution in [0.5, 0.6) is 0 Å². The third-order valence-corrected chi connectivity index (χ3v) is 3.51. The second-order valence-electron chi connectivity index (χ2n) is 4.70. The lowest BCUT2D eigenvalue weighted by Crippen LogP contribution is -2.26. The second kappa shape index (κ2) is 5.80. The molecule has 1 aromatic rings. The molecule has 2 N–H and O–H groups in total. The minimum atomic E-state index is -0.217. The molecule has 0 radical (unpaired) electrons. The van der Waals surface area contributed by atoms with E-state index in [9.17, 15) is 4.39 Å². The standard InChI is InChI=1S/C13H18ClFN2/c14-11-4-3-10(13(15)8-11)9-17-6-1-2-12(16)5-7-17/h3-4,8,12H,1-2,5-7,9,16H2/t12-/m0/s1. The number of likely N-dealkylation sites (tertiary alicyclic amines) is 1.